The van der Waals surface area contributed by atoms with E-state index in [0.717, 1.165) is 0 Å². The molecule has 1 aromatic carbocycles. The lowest BCUT2D eigenvalue weighted by Crippen LogP contribution is -2.15. The van der Waals surface area contributed by atoms with Gasteiger partial charge in [-0.1, -0.05) is 0 Å². The summed E-state index contributed by atoms with van der Waals surface area (Å²) in [5, 5.41) is 10.4. The van der Waals surface area contributed by atoms with E-state index in [1.165, 1.54) is 21.1 Å². The normalized spacial score (nSPS) is 21.2. The van der Waals surface area contributed by atoms with Gasteiger partial charge in [-0.05, 0) is 25.5 Å². The smallest absolute Gasteiger partial charge is 0.336 e. The van der Waals surface area contributed by atoms with Crippen molar-refractivity contribution < 1.29 is 28.9 Å². The molecule has 2 rings (SSSR count). The van der Waals surface area contributed by atoms with Crippen LogP contribution in [0.5, 0.6) is 11.5 Å². The van der Waals surface area contributed by atoms with E-state index in [1.54, 1.807) is 13.0 Å². The van der Waals surface area contributed by atoms with Crippen LogP contribution in [0.4, 0.5) is 0 Å². The highest BCUT2D eigenvalue weighted by Gasteiger charge is 2.39. The monoisotopic (exact) mass is 294 g/mol. The first-order valence-corrected chi connectivity index (χ1v) is 6.55. The SMILES string of the molecule is COc1c(C)cc(C(C)=O)c(O)c1[C@@H]1C[C@H](OC)C(=O)O1. The summed E-state index contributed by atoms with van der Waals surface area (Å²) in [6.45, 7) is 3.13. The highest BCUT2D eigenvalue weighted by atomic mass is 16.6. The lowest BCUT2D eigenvalue weighted by Gasteiger charge is -2.19. The van der Waals surface area contributed by atoms with Gasteiger partial charge in [-0.15, -0.1) is 0 Å². The first kappa shape index (κ1) is 15.3. The first-order chi connectivity index (χ1) is 9.90. The van der Waals surface area contributed by atoms with Gasteiger partial charge in [0.05, 0.1) is 18.2 Å². The number of phenols is 1. The van der Waals surface area contributed by atoms with Crippen molar-refractivity contribution >= 4 is 11.8 Å². The maximum absolute atomic E-state index is 11.7. The third kappa shape index (κ3) is 2.58. The van der Waals surface area contributed by atoms with Crippen LogP contribution in [0.1, 0.15) is 40.9 Å². The number of cyclic esters (lactones) is 1. The van der Waals surface area contributed by atoms with Crippen LogP contribution < -0.4 is 4.74 Å². The Balaban J connectivity index is 2.56. The molecule has 1 N–H and O–H groups in total. The van der Waals surface area contributed by atoms with E-state index >= 15 is 0 Å². The lowest BCUT2D eigenvalue weighted by molar-refractivity contribution is -0.148. The van der Waals surface area contributed by atoms with E-state index in [9.17, 15) is 14.7 Å². The second kappa shape index (κ2) is 5.73. The Kier molecular flexibility index (Phi) is 4.18. The number of ketones is 1. The van der Waals surface area contributed by atoms with Crippen LogP contribution >= 0.6 is 0 Å². The summed E-state index contributed by atoms with van der Waals surface area (Å²) in [5.41, 5.74) is 1.18. The van der Waals surface area contributed by atoms with Crippen LogP contribution in [0.15, 0.2) is 6.07 Å². The number of methoxy groups -OCH3 is 2. The molecule has 1 aliphatic rings. The zero-order valence-electron chi connectivity index (χ0n) is 12.4. The Morgan fingerprint density at radius 3 is 2.57 bits per heavy atom. The van der Waals surface area contributed by atoms with Crippen LogP contribution in [-0.2, 0) is 14.3 Å². The number of esters is 1. The lowest BCUT2D eigenvalue weighted by atomic mass is 9.95. The highest BCUT2D eigenvalue weighted by Crippen LogP contribution is 2.44. The van der Waals surface area contributed by atoms with Crippen molar-refractivity contribution in [2.75, 3.05) is 14.2 Å². The predicted molar refractivity (Wildman–Crippen MR) is 73.6 cm³/mol. The van der Waals surface area contributed by atoms with Crippen LogP contribution in [0.25, 0.3) is 0 Å². The summed E-state index contributed by atoms with van der Waals surface area (Å²) in [6, 6.07) is 1.56. The molecule has 6 nitrogen and oxygen atoms in total. The van der Waals surface area contributed by atoms with Crippen LogP contribution in [0.2, 0.25) is 0 Å². The molecular formula is C15H18O6. The molecule has 0 amide bonds. The quantitative estimate of drug-likeness (QED) is 0.675. The molecule has 1 heterocycles. The van der Waals surface area contributed by atoms with Gasteiger partial charge in [0.2, 0.25) is 0 Å². The average molecular weight is 294 g/mol. The Morgan fingerprint density at radius 1 is 1.43 bits per heavy atom. The largest absolute Gasteiger partial charge is 0.507 e. The van der Waals surface area contributed by atoms with Crippen molar-refractivity contribution in [3.8, 4) is 11.5 Å². The molecule has 1 saturated heterocycles. The maximum Gasteiger partial charge on any atom is 0.336 e. The molecule has 1 fully saturated rings. The average Bonchev–Trinajstić information content (AvgIpc) is 2.80. The van der Waals surface area contributed by atoms with Gasteiger partial charge in [0.25, 0.3) is 0 Å². The Labute approximate surface area is 122 Å². The molecule has 0 spiro atoms. The molecule has 2 atom stereocenters. The number of carbonyl (C=O) groups excluding carboxylic acids is 2. The van der Waals surface area contributed by atoms with Gasteiger partial charge in [0, 0.05) is 13.5 Å². The van der Waals surface area contributed by atoms with Gasteiger partial charge in [0.1, 0.15) is 17.6 Å². The van der Waals surface area contributed by atoms with Crippen molar-refractivity contribution in [2.24, 2.45) is 0 Å². The number of carbonyl (C=O) groups is 2. The zero-order valence-corrected chi connectivity index (χ0v) is 12.4. The Hall–Kier alpha value is -2.08. The molecule has 1 aliphatic heterocycles. The minimum absolute atomic E-state index is 0.181. The first-order valence-electron chi connectivity index (χ1n) is 6.55. The van der Waals surface area contributed by atoms with Crippen molar-refractivity contribution in [3.63, 3.8) is 0 Å². The van der Waals surface area contributed by atoms with Gasteiger partial charge < -0.3 is 19.3 Å². The van der Waals surface area contributed by atoms with E-state index in [0.29, 0.717) is 16.9 Å². The molecule has 0 radical (unpaired) electrons. The number of hydrogen-bond acceptors (Lipinski definition) is 6. The van der Waals surface area contributed by atoms with Crippen molar-refractivity contribution in [1.29, 1.82) is 0 Å². The highest BCUT2D eigenvalue weighted by molar-refractivity contribution is 5.98. The third-order valence-corrected chi connectivity index (χ3v) is 3.61. The van der Waals surface area contributed by atoms with Gasteiger partial charge in [0.15, 0.2) is 11.9 Å². The number of ether oxygens (including phenoxy) is 3. The number of phenolic OH excluding ortho intramolecular Hbond substituents is 1. The number of rotatable bonds is 4. The van der Waals surface area contributed by atoms with Crippen molar-refractivity contribution in [2.45, 2.75) is 32.5 Å². The van der Waals surface area contributed by atoms with E-state index in [4.69, 9.17) is 14.2 Å². The molecule has 21 heavy (non-hydrogen) atoms. The van der Waals surface area contributed by atoms with Gasteiger partial charge in [-0.3, -0.25) is 4.79 Å². The van der Waals surface area contributed by atoms with E-state index in [2.05, 4.69) is 0 Å². The summed E-state index contributed by atoms with van der Waals surface area (Å²) in [7, 11) is 2.88. The predicted octanol–water partition coefficient (Wildman–Crippen LogP) is 1.91. The second-order valence-corrected chi connectivity index (χ2v) is 4.98. The summed E-state index contributed by atoms with van der Waals surface area (Å²) < 4.78 is 15.6. The molecule has 114 valence electrons. The van der Waals surface area contributed by atoms with Crippen LogP contribution in [0, 0.1) is 6.92 Å². The Morgan fingerprint density at radius 2 is 2.10 bits per heavy atom. The fourth-order valence-corrected chi connectivity index (χ4v) is 2.58. The van der Waals surface area contributed by atoms with Gasteiger partial charge in [-0.25, -0.2) is 4.79 Å². The molecule has 0 saturated carbocycles. The second-order valence-electron chi connectivity index (χ2n) is 4.98. The number of aromatic hydroxyl groups is 1. The van der Waals surface area contributed by atoms with Crippen molar-refractivity contribution in [1.82, 2.24) is 0 Å². The fourth-order valence-electron chi connectivity index (χ4n) is 2.58. The zero-order chi connectivity index (χ0) is 15.7. The summed E-state index contributed by atoms with van der Waals surface area (Å²) in [4.78, 5) is 23.3. The van der Waals surface area contributed by atoms with E-state index in [1.807, 2.05) is 0 Å². The summed E-state index contributed by atoms with van der Waals surface area (Å²) in [5.74, 6) is -0.562. The maximum atomic E-state index is 11.7. The van der Waals surface area contributed by atoms with Crippen molar-refractivity contribution in [3.05, 3.63) is 22.8 Å². The number of Topliss-reactive ketones (excluding diaryl/α,β-unsaturated/α-hetero) is 1. The van der Waals surface area contributed by atoms with Crippen LogP contribution in [-0.4, -0.2) is 37.2 Å². The number of benzene rings is 1. The fraction of sp³-hybridized carbons (Fsp3) is 0.467. The number of aryl methyl sites for hydroxylation is 1. The molecule has 0 bridgehead atoms. The van der Waals surface area contributed by atoms with E-state index < -0.39 is 18.2 Å². The molecule has 0 aromatic heterocycles. The van der Waals surface area contributed by atoms with Crippen LogP contribution in [0.3, 0.4) is 0 Å². The van der Waals surface area contributed by atoms with Gasteiger partial charge >= 0.3 is 5.97 Å². The standard InChI is InChI=1S/C15H18O6/c1-7-5-9(8(2)16)13(17)12(14(7)20-4)10-6-11(19-3)15(18)21-10/h5,10-11,17H,6H2,1-4H3/t10-,11-/m0/s1. The molecule has 0 aliphatic carbocycles. The van der Waals surface area contributed by atoms with E-state index in [-0.39, 0.29) is 23.5 Å². The molecular weight excluding hydrogens is 276 g/mol. The molecule has 1 aromatic rings. The summed E-state index contributed by atoms with van der Waals surface area (Å²) in [6.07, 6.45) is -1.11. The minimum atomic E-state index is -0.699. The third-order valence-electron chi connectivity index (χ3n) is 3.61. The molecule has 6 heteroatoms. The molecule has 0 unspecified atom stereocenters. The summed E-state index contributed by atoms with van der Waals surface area (Å²) >= 11 is 0. The number of hydrogen-bond donors (Lipinski definition) is 1. The Bertz CT molecular complexity index is 592. The minimum Gasteiger partial charge on any atom is -0.507 e. The van der Waals surface area contributed by atoms with Gasteiger partial charge in [-0.2, -0.15) is 0 Å². The topological polar surface area (TPSA) is 82.1 Å².